The van der Waals surface area contributed by atoms with Gasteiger partial charge in [0.05, 0.1) is 0 Å². The van der Waals surface area contributed by atoms with Gasteiger partial charge in [-0.1, -0.05) is 6.08 Å². The Morgan fingerprint density at radius 2 is 2.50 bits per heavy atom. The summed E-state index contributed by atoms with van der Waals surface area (Å²) in [6, 6.07) is 2.09. The Kier molecular flexibility index (Phi) is 3.52. The van der Waals surface area contributed by atoms with Crippen LogP contribution in [0.3, 0.4) is 0 Å². The summed E-state index contributed by atoms with van der Waals surface area (Å²) in [5, 5.41) is 2.07. The molecule has 0 atom stereocenters. The standard InChI is InChI=1S/C7H7BrS2/c8-6-4-7(10-5-6)2-1-3-9/h1-2,4-5,9H,3H2. The molecule has 0 amide bonds. The number of hydrogen-bond donors (Lipinski definition) is 1. The second-order valence-corrected chi connectivity index (χ2v) is 3.98. The van der Waals surface area contributed by atoms with E-state index < -0.39 is 0 Å². The van der Waals surface area contributed by atoms with Crippen molar-refractivity contribution in [1.82, 2.24) is 0 Å². The van der Waals surface area contributed by atoms with Crippen molar-refractivity contribution in [3.63, 3.8) is 0 Å². The van der Waals surface area contributed by atoms with E-state index in [2.05, 4.69) is 46.1 Å². The molecule has 1 heterocycles. The van der Waals surface area contributed by atoms with Crippen molar-refractivity contribution >= 4 is 46.0 Å². The van der Waals surface area contributed by atoms with Crippen molar-refractivity contribution in [1.29, 1.82) is 0 Å². The summed E-state index contributed by atoms with van der Waals surface area (Å²) in [5.74, 6) is 0.801. The van der Waals surface area contributed by atoms with Gasteiger partial charge in [-0.2, -0.15) is 12.6 Å². The summed E-state index contributed by atoms with van der Waals surface area (Å²) in [4.78, 5) is 1.26. The molecule has 0 nitrogen and oxygen atoms in total. The molecular formula is C7H7BrS2. The van der Waals surface area contributed by atoms with Crippen molar-refractivity contribution in [2.45, 2.75) is 0 Å². The van der Waals surface area contributed by atoms with Crippen molar-refractivity contribution in [3.8, 4) is 0 Å². The molecule has 0 unspecified atom stereocenters. The first kappa shape index (κ1) is 8.37. The van der Waals surface area contributed by atoms with Gasteiger partial charge in [-0.25, -0.2) is 0 Å². The molecule has 0 aromatic carbocycles. The normalized spacial score (nSPS) is 11.0. The highest BCUT2D eigenvalue weighted by molar-refractivity contribution is 9.10. The fraction of sp³-hybridized carbons (Fsp3) is 0.143. The first-order valence-electron chi connectivity index (χ1n) is 2.84. The molecule has 54 valence electrons. The van der Waals surface area contributed by atoms with E-state index in [9.17, 15) is 0 Å². The van der Waals surface area contributed by atoms with Crippen LogP contribution in [0.4, 0.5) is 0 Å². The molecule has 1 aromatic heterocycles. The van der Waals surface area contributed by atoms with Gasteiger partial charge in [0.15, 0.2) is 0 Å². The van der Waals surface area contributed by atoms with E-state index >= 15 is 0 Å². The van der Waals surface area contributed by atoms with Crippen LogP contribution in [0.15, 0.2) is 22.0 Å². The van der Waals surface area contributed by atoms with Crippen LogP contribution in [0.2, 0.25) is 0 Å². The Bertz CT molecular complexity index is 227. The monoisotopic (exact) mass is 234 g/mol. The lowest BCUT2D eigenvalue weighted by molar-refractivity contribution is 1.80. The minimum Gasteiger partial charge on any atom is -0.175 e. The van der Waals surface area contributed by atoms with Crippen LogP contribution >= 0.6 is 39.9 Å². The highest BCUT2D eigenvalue weighted by Crippen LogP contribution is 2.20. The topological polar surface area (TPSA) is 0 Å². The fourth-order valence-electron chi connectivity index (χ4n) is 0.585. The summed E-state index contributed by atoms with van der Waals surface area (Å²) in [7, 11) is 0. The Hall–Kier alpha value is 0.270. The van der Waals surface area contributed by atoms with Gasteiger partial charge in [-0.05, 0) is 28.1 Å². The zero-order valence-electron chi connectivity index (χ0n) is 5.25. The van der Waals surface area contributed by atoms with Crippen LogP contribution in [-0.2, 0) is 0 Å². The van der Waals surface area contributed by atoms with E-state index in [0.717, 1.165) is 10.2 Å². The SMILES string of the molecule is SCC=Cc1cc(Br)cs1. The Morgan fingerprint density at radius 3 is 3.00 bits per heavy atom. The van der Waals surface area contributed by atoms with Crippen LogP contribution in [0.5, 0.6) is 0 Å². The summed E-state index contributed by atoms with van der Waals surface area (Å²) >= 11 is 9.17. The third-order valence-electron chi connectivity index (χ3n) is 0.975. The maximum Gasteiger partial charge on any atom is 0.0288 e. The number of thiol groups is 1. The Labute approximate surface area is 78.5 Å². The number of halogens is 1. The molecule has 0 aliphatic carbocycles. The summed E-state index contributed by atoms with van der Waals surface area (Å²) in [5.41, 5.74) is 0. The van der Waals surface area contributed by atoms with Crippen molar-refractivity contribution < 1.29 is 0 Å². The minimum absolute atomic E-state index is 0.801. The average molecular weight is 235 g/mol. The van der Waals surface area contributed by atoms with Gasteiger partial charge >= 0.3 is 0 Å². The quantitative estimate of drug-likeness (QED) is 0.745. The van der Waals surface area contributed by atoms with Gasteiger partial charge in [0.1, 0.15) is 0 Å². The average Bonchev–Trinajstić information content (AvgIpc) is 2.31. The molecule has 1 rings (SSSR count). The van der Waals surface area contributed by atoms with Crippen molar-refractivity contribution in [2.75, 3.05) is 5.75 Å². The van der Waals surface area contributed by atoms with Crippen LogP contribution in [-0.4, -0.2) is 5.75 Å². The molecule has 10 heavy (non-hydrogen) atoms. The minimum atomic E-state index is 0.801. The molecule has 0 N–H and O–H groups in total. The smallest absolute Gasteiger partial charge is 0.0288 e. The van der Waals surface area contributed by atoms with E-state index in [1.165, 1.54) is 4.88 Å². The molecule has 0 fully saturated rings. The molecule has 0 saturated carbocycles. The van der Waals surface area contributed by atoms with E-state index in [1.54, 1.807) is 11.3 Å². The second kappa shape index (κ2) is 4.21. The lowest BCUT2D eigenvalue weighted by Gasteiger charge is -1.79. The van der Waals surface area contributed by atoms with Gasteiger partial charge in [0, 0.05) is 20.5 Å². The molecule has 0 saturated heterocycles. The van der Waals surface area contributed by atoms with Crippen LogP contribution in [0.1, 0.15) is 4.88 Å². The van der Waals surface area contributed by atoms with Gasteiger partial charge in [-0.3, -0.25) is 0 Å². The lowest BCUT2D eigenvalue weighted by Crippen LogP contribution is -1.59. The molecule has 0 aliphatic heterocycles. The number of thiophene rings is 1. The first-order chi connectivity index (χ1) is 4.83. The second-order valence-electron chi connectivity index (χ2n) is 1.75. The van der Waals surface area contributed by atoms with E-state index in [4.69, 9.17) is 0 Å². The van der Waals surface area contributed by atoms with E-state index in [-0.39, 0.29) is 0 Å². The number of rotatable bonds is 2. The molecule has 0 spiro atoms. The zero-order chi connectivity index (χ0) is 7.40. The predicted octanol–water partition coefficient (Wildman–Crippen LogP) is 3.45. The maximum absolute atomic E-state index is 4.06. The van der Waals surface area contributed by atoms with E-state index in [1.807, 2.05) is 6.08 Å². The van der Waals surface area contributed by atoms with Crippen molar-refractivity contribution in [2.24, 2.45) is 0 Å². The molecular weight excluding hydrogens is 228 g/mol. The first-order valence-corrected chi connectivity index (χ1v) is 5.15. The van der Waals surface area contributed by atoms with Gasteiger partial charge in [0.2, 0.25) is 0 Å². The summed E-state index contributed by atoms with van der Waals surface area (Å²) < 4.78 is 1.15. The summed E-state index contributed by atoms with van der Waals surface area (Å²) in [6.07, 6.45) is 4.10. The summed E-state index contributed by atoms with van der Waals surface area (Å²) in [6.45, 7) is 0. The lowest BCUT2D eigenvalue weighted by atomic mass is 10.4. The van der Waals surface area contributed by atoms with Crippen molar-refractivity contribution in [3.05, 3.63) is 26.9 Å². The fourth-order valence-corrected chi connectivity index (χ4v) is 2.05. The Balaban J connectivity index is 2.67. The predicted molar refractivity (Wildman–Crippen MR) is 54.9 cm³/mol. The molecule has 3 heteroatoms. The van der Waals surface area contributed by atoms with Gasteiger partial charge in [0.25, 0.3) is 0 Å². The highest BCUT2D eigenvalue weighted by Gasteiger charge is 1.90. The number of hydrogen-bond acceptors (Lipinski definition) is 2. The van der Waals surface area contributed by atoms with E-state index in [0.29, 0.717) is 0 Å². The molecule has 0 radical (unpaired) electrons. The van der Waals surface area contributed by atoms with Crippen LogP contribution in [0, 0.1) is 0 Å². The molecule has 0 aliphatic rings. The largest absolute Gasteiger partial charge is 0.175 e. The zero-order valence-corrected chi connectivity index (χ0v) is 8.55. The Morgan fingerprint density at radius 1 is 1.70 bits per heavy atom. The van der Waals surface area contributed by atoms with Gasteiger partial charge < -0.3 is 0 Å². The van der Waals surface area contributed by atoms with Gasteiger partial charge in [-0.15, -0.1) is 11.3 Å². The van der Waals surface area contributed by atoms with Crippen LogP contribution in [0.25, 0.3) is 6.08 Å². The third-order valence-corrected chi connectivity index (χ3v) is 2.84. The maximum atomic E-state index is 4.06. The molecule has 1 aromatic rings. The van der Waals surface area contributed by atoms with Crippen LogP contribution < -0.4 is 0 Å². The molecule has 0 bridgehead atoms. The third kappa shape index (κ3) is 2.48. The highest BCUT2D eigenvalue weighted by atomic mass is 79.9.